The highest BCUT2D eigenvalue weighted by Crippen LogP contribution is 2.41. The summed E-state index contributed by atoms with van der Waals surface area (Å²) in [4.78, 5) is 37.3. The van der Waals surface area contributed by atoms with E-state index in [1.165, 1.54) is 18.2 Å². The van der Waals surface area contributed by atoms with Crippen LogP contribution in [0.25, 0.3) is 11.1 Å². The van der Waals surface area contributed by atoms with Gasteiger partial charge in [-0.2, -0.15) is 0 Å². The van der Waals surface area contributed by atoms with Gasteiger partial charge in [0.25, 0.3) is 0 Å². The monoisotopic (exact) mass is 504 g/mol. The first-order valence-corrected chi connectivity index (χ1v) is 12.2. The van der Waals surface area contributed by atoms with Gasteiger partial charge in [-0.05, 0) is 77.1 Å². The van der Waals surface area contributed by atoms with E-state index in [-0.39, 0.29) is 5.78 Å². The molecule has 194 valence electrons. The SMILES string of the molecule is COc1ccc(C(=O)c2cc(-c3c(C)noc3C)cc(N(C)C(=O)OC(C)(C)C)c2N=CC2CC2)cn1. The Balaban J connectivity index is 1.93. The van der Waals surface area contributed by atoms with Crippen molar-refractivity contribution < 1.29 is 23.6 Å². The van der Waals surface area contributed by atoms with Gasteiger partial charge in [0.05, 0.1) is 29.7 Å². The average molecular weight is 505 g/mol. The summed E-state index contributed by atoms with van der Waals surface area (Å²) in [5.41, 5.74) is 2.91. The fourth-order valence-corrected chi connectivity index (χ4v) is 3.87. The van der Waals surface area contributed by atoms with Gasteiger partial charge in [0.2, 0.25) is 5.88 Å². The van der Waals surface area contributed by atoms with E-state index in [4.69, 9.17) is 19.0 Å². The molecule has 1 aliphatic rings. The third-order valence-corrected chi connectivity index (χ3v) is 5.93. The number of carbonyl (C=O) groups excluding carboxylic acids is 2. The Morgan fingerprint density at radius 1 is 1.19 bits per heavy atom. The highest BCUT2D eigenvalue weighted by molar-refractivity contribution is 6.15. The van der Waals surface area contributed by atoms with Gasteiger partial charge >= 0.3 is 6.09 Å². The topological polar surface area (TPSA) is 107 Å². The molecule has 0 N–H and O–H groups in total. The van der Waals surface area contributed by atoms with Crippen LogP contribution in [0.2, 0.25) is 0 Å². The van der Waals surface area contributed by atoms with Crippen LogP contribution in [0.15, 0.2) is 40.0 Å². The highest BCUT2D eigenvalue weighted by Gasteiger charge is 2.28. The van der Waals surface area contributed by atoms with Crippen molar-refractivity contribution in [2.75, 3.05) is 19.1 Å². The van der Waals surface area contributed by atoms with Crippen molar-refractivity contribution >= 4 is 29.5 Å². The molecule has 2 aromatic heterocycles. The first-order chi connectivity index (χ1) is 17.5. The quantitative estimate of drug-likeness (QED) is 0.284. The molecule has 1 amide bonds. The van der Waals surface area contributed by atoms with E-state index < -0.39 is 11.7 Å². The molecule has 1 aliphatic carbocycles. The van der Waals surface area contributed by atoms with Crippen LogP contribution in [-0.4, -0.2) is 48.0 Å². The lowest BCUT2D eigenvalue weighted by Crippen LogP contribution is -2.34. The maximum Gasteiger partial charge on any atom is 0.414 e. The summed E-state index contributed by atoms with van der Waals surface area (Å²) in [7, 11) is 3.13. The predicted molar refractivity (Wildman–Crippen MR) is 141 cm³/mol. The lowest BCUT2D eigenvalue weighted by molar-refractivity contribution is 0.0589. The molecule has 1 aromatic carbocycles. The van der Waals surface area contributed by atoms with Gasteiger partial charge in [-0.1, -0.05) is 5.16 Å². The fourth-order valence-electron chi connectivity index (χ4n) is 3.87. The molecular weight excluding hydrogens is 472 g/mol. The number of benzene rings is 1. The van der Waals surface area contributed by atoms with E-state index in [9.17, 15) is 9.59 Å². The number of hydrogen-bond donors (Lipinski definition) is 0. The molecular formula is C28H32N4O5. The highest BCUT2D eigenvalue weighted by atomic mass is 16.6. The molecule has 0 saturated heterocycles. The molecule has 1 saturated carbocycles. The number of rotatable bonds is 7. The van der Waals surface area contributed by atoms with E-state index in [0.29, 0.717) is 51.3 Å². The van der Waals surface area contributed by atoms with Crippen molar-refractivity contribution in [2.45, 2.75) is 53.1 Å². The number of carbonyl (C=O) groups is 2. The van der Waals surface area contributed by atoms with Crippen molar-refractivity contribution in [2.24, 2.45) is 10.9 Å². The summed E-state index contributed by atoms with van der Waals surface area (Å²) in [6, 6.07) is 6.87. The maximum absolute atomic E-state index is 13.9. The average Bonchev–Trinajstić information content (AvgIpc) is 3.63. The van der Waals surface area contributed by atoms with Gasteiger partial charge in [0.1, 0.15) is 11.4 Å². The van der Waals surface area contributed by atoms with Gasteiger partial charge in [-0.3, -0.25) is 14.7 Å². The summed E-state index contributed by atoms with van der Waals surface area (Å²) in [5, 5.41) is 4.07. The maximum atomic E-state index is 13.9. The Bertz CT molecular complexity index is 1330. The van der Waals surface area contributed by atoms with Crippen LogP contribution in [0.5, 0.6) is 5.88 Å². The largest absolute Gasteiger partial charge is 0.481 e. The van der Waals surface area contributed by atoms with E-state index >= 15 is 0 Å². The number of aliphatic imine (C=N–C) groups is 1. The molecule has 37 heavy (non-hydrogen) atoms. The van der Waals surface area contributed by atoms with E-state index in [1.807, 2.05) is 19.2 Å². The fraction of sp³-hybridized carbons (Fsp3) is 0.393. The number of aromatic nitrogens is 2. The number of methoxy groups -OCH3 is 1. The molecule has 2 heterocycles. The number of ether oxygens (including phenoxy) is 2. The minimum absolute atomic E-state index is 0.287. The Labute approximate surface area is 216 Å². The lowest BCUT2D eigenvalue weighted by atomic mass is 9.95. The van der Waals surface area contributed by atoms with Crippen LogP contribution in [0.1, 0.15) is 61.0 Å². The van der Waals surface area contributed by atoms with E-state index in [0.717, 1.165) is 18.4 Å². The smallest absolute Gasteiger partial charge is 0.414 e. The van der Waals surface area contributed by atoms with E-state index in [2.05, 4.69) is 10.1 Å². The van der Waals surface area contributed by atoms with Crippen LogP contribution in [-0.2, 0) is 4.74 Å². The Kier molecular flexibility index (Phi) is 7.16. The first kappa shape index (κ1) is 26.1. The summed E-state index contributed by atoms with van der Waals surface area (Å²) in [6.45, 7) is 9.04. The van der Waals surface area contributed by atoms with Crippen LogP contribution >= 0.6 is 0 Å². The van der Waals surface area contributed by atoms with Crippen molar-refractivity contribution in [3.63, 3.8) is 0 Å². The summed E-state index contributed by atoms with van der Waals surface area (Å²) < 4.78 is 16.2. The molecule has 9 nitrogen and oxygen atoms in total. The Morgan fingerprint density at radius 2 is 1.92 bits per heavy atom. The number of aryl methyl sites for hydroxylation is 2. The zero-order valence-electron chi connectivity index (χ0n) is 22.3. The second kappa shape index (κ2) is 10.2. The van der Waals surface area contributed by atoms with Gasteiger partial charge in [0.15, 0.2) is 5.78 Å². The van der Waals surface area contributed by atoms with Crippen molar-refractivity contribution in [1.82, 2.24) is 10.1 Å². The second-order valence-corrected chi connectivity index (χ2v) is 10.2. The Morgan fingerprint density at radius 3 is 2.46 bits per heavy atom. The third-order valence-electron chi connectivity index (χ3n) is 5.93. The standard InChI is InChI=1S/C28H32N4O5/c1-16-24(17(2)37-31-16)20-12-21(26(33)19-10-11-23(35-7)29-15-19)25(30-14-18-8-9-18)22(13-20)32(6)27(34)36-28(3,4)5/h10-15,18H,8-9H2,1-7H3. The first-order valence-electron chi connectivity index (χ1n) is 12.2. The number of amides is 1. The Hall–Kier alpha value is -4.01. The van der Waals surface area contributed by atoms with Crippen LogP contribution < -0.4 is 9.64 Å². The van der Waals surface area contributed by atoms with Crippen molar-refractivity contribution in [1.29, 1.82) is 0 Å². The summed E-state index contributed by atoms with van der Waals surface area (Å²) in [5.74, 6) is 1.07. The normalized spacial score (nSPS) is 13.6. The number of ketones is 1. The third kappa shape index (κ3) is 5.87. The zero-order chi connectivity index (χ0) is 26.9. The molecule has 0 aliphatic heterocycles. The molecule has 3 aromatic rings. The zero-order valence-corrected chi connectivity index (χ0v) is 22.3. The number of nitrogens with zero attached hydrogens (tertiary/aromatic N) is 4. The van der Waals surface area contributed by atoms with Gasteiger partial charge in [-0.25, -0.2) is 9.78 Å². The second-order valence-electron chi connectivity index (χ2n) is 10.2. The molecule has 4 rings (SSSR count). The van der Waals surface area contributed by atoms with Gasteiger partial charge in [0, 0.05) is 36.7 Å². The summed E-state index contributed by atoms with van der Waals surface area (Å²) >= 11 is 0. The lowest BCUT2D eigenvalue weighted by Gasteiger charge is -2.26. The summed E-state index contributed by atoms with van der Waals surface area (Å²) in [6.07, 6.45) is 4.85. The van der Waals surface area contributed by atoms with Crippen molar-refractivity contribution in [3.8, 4) is 17.0 Å². The molecule has 0 atom stereocenters. The predicted octanol–water partition coefficient (Wildman–Crippen LogP) is 6.08. The number of pyridine rings is 1. The van der Waals surface area contributed by atoms with Gasteiger partial charge in [-0.15, -0.1) is 0 Å². The molecule has 9 heteroatoms. The number of hydrogen-bond acceptors (Lipinski definition) is 8. The molecule has 0 spiro atoms. The van der Waals surface area contributed by atoms with Crippen molar-refractivity contribution in [3.05, 3.63) is 53.0 Å². The van der Waals surface area contributed by atoms with Gasteiger partial charge < -0.3 is 14.0 Å². The van der Waals surface area contributed by atoms with Crippen LogP contribution in [0.3, 0.4) is 0 Å². The molecule has 0 bridgehead atoms. The van der Waals surface area contributed by atoms with Crippen LogP contribution in [0, 0.1) is 19.8 Å². The minimum atomic E-state index is -0.699. The van der Waals surface area contributed by atoms with E-state index in [1.54, 1.807) is 52.9 Å². The molecule has 0 radical (unpaired) electrons. The molecule has 0 unspecified atom stereocenters. The number of anilines is 1. The minimum Gasteiger partial charge on any atom is -0.481 e. The molecule has 1 fully saturated rings. The van der Waals surface area contributed by atoms with Crippen LogP contribution in [0.4, 0.5) is 16.2 Å².